The molecule has 4 nitrogen and oxygen atoms in total. The molecular weight excluding hydrogens is 327 g/mol. The molecule has 2 aromatic rings. The fraction of sp³-hybridized carbons (Fsp3) is 0.467. The zero-order valence-electron chi connectivity index (χ0n) is 12.7. The minimum absolute atomic E-state index is 0.131. The van der Waals surface area contributed by atoms with Crippen molar-refractivity contribution in [3.05, 3.63) is 28.8 Å². The molecule has 1 fully saturated rings. The Labute approximate surface area is 135 Å². The molecular formula is C15H16F3N3OS. The van der Waals surface area contributed by atoms with Crippen molar-refractivity contribution in [3.8, 4) is 0 Å². The minimum atomic E-state index is -4.50. The number of carbonyl (C=O) groups is 1. The van der Waals surface area contributed by atoms with Crippen molar-refractivity contribution in [2.45, 2.75) is 25.6 Å². The van der Waals surface area contributed by atoms with Gasteiger partial charge in [-0.2, -0.15) is 13.2 Å². The first kappa shape index (κ1) is 16.2. The number of carbonyl (C=O) groups excluding carboxylic acids is 1. The predicted octanol–water partition coefficient (Wildman–Crippen LogP) is 3.14. The average molecular weight is 343 g/mol. The number of fused-ring (bicyclic) bond motifs is 1. The monoisotopic (exact) mass is 343 g/mol. The molecule has 124 valence electrons. The van der Waals surface area contributed by atoms with E-state index in [1.807, 2.05) is 13.8 Å². The summed E-state index contributed by atoms with van der Waals surface area (Å²) in [6.07, 6.45) is -4.50. The quantitative estimate of drug-likeness (QED) is 0.865. The van der Waals surface area contributed by atoms with E-state index >= 15 is 0 Å². The van der Waals surface area contributed by atoms with Gasteiger partial charge in [0.2, 0.25) is 0 Å². The fourth-order valence-electron chi connectivity index (χ4n) is 2.73. The van der Waals surface area contributed by atoms with Gasteiger partial charge in [-0.3, -0.25) is 4.79 Å². The first-order chi connectivity index (χ1) is 10.7. The zero-order valence-corrected chi connectivity index (χ0v) is 13.5. The van der Waals surface area contributed by atoms with Crippen molar-refractivity contribution in [2.75, 3.05) is 19.6 Å². The Kier molecular flexibility index (Phi) is 3.84. The van der Waals surface area contributed by atoms with Crippen LogP contribution in [0.4, 0.5) is 13.2 Å². The molecule has 8 heteroatoms. The van der Waals surface area contributed by atoms with Gasteiger partial charge in [-0.1, -0.05) is 6.07 Å². The Balaban J connectivity index is 1.99. The zero-order chi connectivity index (χ0) is 16.8. The Morgan fingerprint density at radius 1 is 1.39 bits per heavy atom. The normalized spacial score (nSPS) is 18.4. The lowest BCUT2D eigenvalue weighted by Gasteiger charge is -2.39. The van der Waals surface area contributed by atoms with Crippen LogP contribution < -0.4 is 5.32 Å². The largest absolute Gasteiger partial charge is 0.443 e. The van der Waals surface area contributed by atoms with E-state index in [4.69, 9.17) is 0 Å². The number of benzene rings is 1. The van der Waals surface area contributed by atoms with E-state index in [0.717, 1.165) is 0 Å². The number of thiazole rings is 1. The van der Waals surface area contributed by atoms with Gasteiger partial charge in [0.1, 0.15) is 0 Å². The highest BCUT2D eigenvalue weighted by atomic mass is 32.1. The number of aromatic nitrogens is 1. The summed E-state index contributed by atoms with van der Waals surface area (Å²) in [7, 11) is 0. The summed E-state index contributed by atoms with van der Waals surface area (Å²) in [5.74, 6) is -0.274. The lowest BCUT2D eigenvalue weighted by Crippen LogP contribution is -2.58. The molecule has 1 saturated heterocycles. The van der Waals surface area contributed by atoms with Crippen LogP contribution in [0.1, 0.15) is 29.2 Å². The van der Waals surface area contributed by atoms with Gasteiger partial charge < -0.3 is 10.2 Å². The molecule has 0 radical (unpaired) electrons. The Morgan fingerprint density at radius 3 is 2.78 bits per heavy atom. The van der Waals surface area contributed by atoms with Gasteiger partial charge in [-0.05, 0) is 26.0 Å². The number of para-hydroxylation sites is 1. The molecule has 1 aromatic carbocycles. The van der Waals surface area contributed by atoms with Crippen molar-refractivity contribution in [1.82, 2.24) is 15.2 Å². The van der Waals surface area contributed by atoms with Crippen LogP contribution >= 0.6 is 11.3 Å². The SMILES string of the molecule is CC1(C)CN(C(=O)c2cccc3sc(C(F)(F)F)nc23)CCN1. The summed E-state index contributed by atoms with van der Waals surface area (Å²) in [5.41, 5.74) is 0.138. The van der Waals surface area contributed by atoms with Gasteiger partial charge in [-0.15, -0.1) is 11.3 Å². The first-order valence-electron chi connectivity index (χ1n) is 7.18. The number of rotatable bonds is 1. The smallest absolute Gasteiger partial charge is 0.335 e. The van der Waals surface area contributed by atoms with E-state index in [0.29, 0.717) is 35.7 Å². The Morgan fingerprint density at radius 2 is 2.13 bits per heavy atom. The van der Waals surface area contributed by atoms with Crippen LogP contribution in [0.25, 0.3) is 10.2 Å². The maximum absolute atomic E-state index is 12.9. The van der Waals surface area contributed by atoms with Crippen LogP contribution in [0.2, 0.25) is 0 Å². The number of hydrogen-bond donors (Lipinski definition) is 1. The van der Waals surface area contributed by atoms with Gasteiger partial charge in [0.25, 0.3) is 5.91 Å². The van der Waals surface area contributed by atoms with E-state index in [-0.39, 0.29) is 22.5 Å². The molecule has 0 spiro atoms. The first-order valence-corrected chi connectivity index (χ1v) is 8.00. The van der Waals surface area contributed by atoms with Crippen LogP contribution in [-0.2, 0) is 6.18 Å². The van der Waals surface area contributed by atoms with E-state index in [1.54, 1.807) is 23.1 Å². The summed E-state index contributed by atoms with van der Waals surface area (Å²) in [6.45, 7) is 5.64. The summed E-state index contributed by atoms with van der Waals surface area (Å²) < 4.78 is 39.0. The summed E-state index contributed by atoms with van der Waals surface area (Å²) in [4.78, 5) is 18.1. The fourth-order valence-corrected chi connectivity index (χ4v) is 3.59. The van der Waals surface area contributed by atoms with E-state index in [9.17, 15) is 18.0 Å². The van der Waals surface area contributed by atoms with Crippen LogP contribution in [0.3, 0.4) is 0 Å². The second-order valence-corrected chi connectivity index (χ2v) is 7.24. The van der Waals surface area contributed by atoms with E-state index in [2.05, 4.69) is 10.3 Å². The van der Waals surface area contributed by atoms with E-state index in [1.165, 1.54) is 0 Å². The van der Waals surface area contributed by atoms with Gasteiger partial charge >= 0.3 is 6.18 Å². The van der Waals surface area contributed by atoms with Gasteiger partial charge in [0.15, 0.2) is 5.01 Å². The number of hydrogen-bond acceptors (Lipinski definition) is 4. The molecule has 0 bridgehead atoms. The van der Waals surface area contributed by atoms with Crippen LogP contribution in [-0.4, -0.2) is 41.0 Å². The molecule has 2 heterocycles. The van der Waals surface area contributed by atoms with Gasteiger partial charge in [0.05, 0.1) is 15.8 Å². The second-order valence-electron chi connectivity index (χ2n) is 6.21. The predicted molar refractivity (Wildman–Crippen MR) is 82.6 cm³/mol. The van der Waals surface area contributed by atoms with E-state index < -0.39 is 11.2 Å². The molecule has 1 N–H and O–H groups in total. The number of piperazine rings is 1. The number of nitrogens with one attached hydrogen (secondary N) is 1. The number of amides is 1. The lowest BCUT2D eigenvalue weighted by atomic mass is 10.0. The highest BCUT2D eigenvalue weighted by molar-refractivity contribution is 7.18. The third-order valence-electron chi connectivity index (χ3n) is 3.75. The Bertz CT molecular complexity index is 754. The van der Waals surface area contributed by atoms with Gasteiger partial charge in [-0.25, -0.2) is 4.98 Å². The molecule has 23 heavy (non-hydrogen) atoms. The second kappa shape index (κ2) is 5.45. The maximum atomic E-state index is 12.9. The molecule has 1 amide bonds. The number of halogens is 3. The maximum Gasteiger partial charge on any atom is 0.443 e. The molecule has 1 aromatic heterocycles. The van der Waals surface area contributed by atoms with Crippen LogP contribution in [0, 0.1) is 0 Å². The third kappa shape index (κ3) is 3.18. The molecule has 3 rings (SSSR count). The highest BCUT2D eigenvalue weighted by Crippen LogP contribution is 2.36. The van der Waals surface area contributed by atoms with Crippen LogP contribution in [0.5, 0.6) is 0 Å². The minimum Gasteiger partial charge on any atom is -0.335 e. The van der Waals surface area contributed by atoms with Gasteiger partial charge in [0, 0.05) is 25.2 Å². The summed E-state index contributed by atoms with van der Waals surface area (Å²) in [5, 5.41) is 2.38. The van der Waals surface area contributed by atoms with Crippen molar-refractivity contribution < 1.29 is 18.0 Å². The number of alkyl halides is 3. The molecule has 0 saturated carbocycles. The highest BCUT2D eigenvalue weighted by Gasteiger charge is 2.36. The van der Waals surface area contributed by atoms with Crippen molar-refractivity contribution in [1.29, 1.82) is 0 Å². The van der Waals surface area contributed by atoms with Crippen molar-refractivity contribution in [2.24, 2.45) is 0 Å². The topological polar surface area (TPSA) is 45.2 Å². The molecule has 0 atom stereocenters. The third-order valence-corrected chi connectivity index (χ3v) is 4.82. The molecule has 1 aliphatic rings. The summed E-state index contributed by atoms with van der Waals surface area (Å²) in [6, 6.07) is 4.70. The van der Waals surface area contributed by atoms with Crippen molar-refractivity contribution >= 4 is 27.5 Å². The number of nitrogens with zero attached hydrogens (tertiary/aromatic N) is 2. The Hall–Kier alpha value is -1.67. The average Bonchev–Trinajstić information content (AvgIpc) is 2.89. The lowest BCUT2D eigenvalue weighted by molar-refractivity contribution is -0.137. The molecule has 0 aliphatic carbocycles. The van der Waals surface area contributed by atoms with Crippen LogP contribution in [0.15, 0.2) is 18.2 Å². The molecule has 1 aliphatic heterocycles. The molecule has 0 unspecified atom stereocenters. The standard InChI is InChI=1S/C15H16F3N3OS/c1-14(2)8-21(7-6-19-14)12(22)9-4-3-5-10-11(9)20-13(23-10)15(16,17)18/h3-5,19H,6-8H2,1-2H3. The van der Waals surface area contributed by atoms with Crippen molar-refractivity contribution in [3.63, 3.8) is 0 Å². The summed E-state index contributed by atoms with van der Waals surface area (Å²) >= 11 is 0.563.